The first-order valence-corrected chi connectivity index (χ1v) is 10.8. The van der Waals surface area contributed by atoms with E-state index in [2.05, 4.69) is 31.2 Å². The number of ether oxygens (including phenoxy) is 1. The third-order valence-corrected chi connectivity index (χ3v) is 4.48. The normalized spacial score (nSPS) is 12.7. The van der Waals surface area contributed by atoms with Crippen LogP contribution < -0.4 is 0 Å². The van der Waals surface area contributed by atoms with Crippen LogP contribution in [0.5, 0.6) is 0 Å². The number of carboxylic acid groups (broad SMARTS) is 1. The third kappa shape index (κ3) is 19.0. The van der Waals surface area contributed by atoms with Crippen molar-refractivity contribution in [1.82, 2.24) is 0 Å². The number of carboxylic acids is 1. The summed E-state index contributed by atoms with van der Waals surface area (Å²) in [4.78, 5) is 22.4. The van der Waals surface area contributed by atoms with Gasteiger partial charge in [0.15, 0.2) is 0 Å². The Hall–Kier alpha value is -1.58. The van der Waals surface area contributed by atoms with Gasteiger partial charge in [-0.15, -0.1) is 0 Å². The smallest absolute Gasteiger partial charge is 0.306 e. The number of allylic oxidation sites excluding steroid dienone is 4. The molecule has 4 heteroatoms. The average Bonchev–Trinajstić information content (AvgIpc) is 2.64. The van der Waals surface area contributed by atoms with Gasteiger partial charge in [0.25, 0.3) is 0 Å². The Bertz CT molecular complexity index is 426. The van der Waals surface area contributed by atoms with Gasteiger partial charge >= 0.3 is 11.9 Å². The molecule has 0 aromatic rings. The maximum absolute atomic E-state index is 11.9. The van der Waals surface area contributed by atoms with Crippen molar-refractivity contribution in [2.75, 3.05) is 0 Å². The second-order valence-electron chi connectivity index (χ2n) is 7.08. The summed E-state index contributed by atoms with van der Waals surface area (Å²) < 4.78 is 5.44. The number of aliphatic carboxylic acids is 1. The molecule has 156 valence electrons. The molecule has 1 atom stereocenters. The van der Waals surface area contributed by atoms with Gasteiger partial charge in [-0.1, -0.05) is 63.8 Å². The van der Waals surface area contributed by atoms with E-state index < -0.39 is 5.97 Å². The van der Waals surface area contributed by atoms with E-state index in [4.69, 9.17) is 9.84 Å². The van der Waals surface area contributed by atoms with Gasteiger partial charge < -0.3 is 9.84 Å². The molecule has 0 aliphatic rings. The molecule has 1 N–H and O–H groups in total. The maximum Gasteiger partial charge on any atom is 0.306 e. The number of rotatable bonds is 18. The molecule has 0 aromatic heterocycles. The van der Waals surface area contributed by atoms with Crippen LogP contribution in [0.2, 0.25) is 0 Å². The van der Waals surface area contributed by atoms with Crippen molar-refractivity contribution >= 4 is 11.9 Å². The molecule has 0 aliphatic carbocycles. The van der Waals surface area contributed by atoms with Crippen molar-refractivity contribution in [1.29, 1.82) is 0 Å². The molecule has 0 radical (unpaired) electrons. The van der Waals surface area contributed by atoms with Crippen molar-refractivity contribution in [3.8, 4) is 0 Å². The lowest BCUT2D eigenvalue weighted by Crippen LogP contribution is -2.17. The van der Waals surface area contributed by atoms with Crippen LogP contribution in [0.15, 0.2) is 24.3 Å². The molecule has 0 spiro atoms. The molecule has 0 aromatic carbocycles. The minimum atomic E-state index is -0.796. The molecule has 0 rings (SSSR count). The van der Waals surface area contributed by atoms with E-state index in [0.717, 1.165) is 38.5 Å². The number of carbonyl (C=O) groups is 2. The number of unbranched alkanes of at least 4 members (excludes halogenated alkanes) is 6. The summed E-state index contributed by atoms with van der Waals surface area (Å²) in [5, 5.41) is 8.65. The van der Waals surface area contributed by atoms with Gasteiger partial charge in [0.05, 0.1) is 0 Å². The van der Waals surface area contributed by atoms with Crippen LogP contribution in [0.25, 0.3) is 0 Å². The number of hydrogen-bond donors (Lipinski definition) is 1. The van der Waals surface area contributed by atoms with E-state index in [1.807, 2.05) is 6.92 Å². The standard InChI is InChI=1S/C23H40O4/c1-3-5-6-7-8-9-10-11-12-13-14-15-16-20-23(26)27-21(4-2)18-17-19-22(24)25/h6-7,9-10,21H,3-5,8,11-20H2,1-2H3,(H,24,25)/b7-6-,10-9-. The van der Waals surface area contributed by atoms with Gasteiger partial charge in [0.1, 0.15) is 6.10 Å². The number of esters is 1. The molecule has 0 heterocycles. The Morgan fingerprint density at radius 2 is 1.52 bits per heavy atom. The van der Waals surface area contributed by atoms with Crippen molar-refractivity contribution in [2.45, 2.75) is 110 Å². The van der Waals surface area contributed by atoms with E-state index in [1.54, 1.807) is 0 Å². The Kier molecular flexibility index (Phi) is 18.1. The lowest BCUT2D eigenvalue weighted by molar-refractivity contribution is -0.149. The van der Waals surface area contributed by atoms with Crippen molar-refractivity contribution in [2.24, 2.45) is 0 Å². The second-order valence-corrected chi connectivity index (χ2v) is 7.08. The Morgan fingerprint density at radius 3 is 2.19 bits per heavy atom. The summed E-state index contributed by atoms with van der Waals surface area (Å²) >= 11 is 0. The first-order chi connectivity index (χ1) is 13.1. The second kappa shape index (κ2) is 19.2. The minimum Gasteiger partial charge on any atom is -0.481 e. The topological polar surface area (TPSA) is 63.6 Å². The van der Waals surface area contributed by atoms with Crippen LogP contribution >= 0.6 is 0 Å². The van der Waals surface area contributed by atoms with E-state index in [0.29, 0.717) is 19.3 Å². The van der Waals surface area contributed by atoms with Gasteiger partial charge in [0.2, 0.25) is 0 Å². The van der Waals surface area contributed by atoms with Gasteiger partial charge in [-0.05, 0) is 51.4 Å². The highest BCUT2D eigenvalue weighted by Crippen LogP contribution is 2.12. The highest BCUT2D eigenvalue weighted by atomic mass is 16.5. The molecular formula is C23H40O4. The number of hydrogen-bond acceptors (Lipinski definition) is 3. The molecule has 0 amide bonds. The lowest BCUT2D eigenvalue weighted by atomic mass is 10.1. The fourth-order valence-electron chi connectivity index (χ4n) is 2.81. The van der Waals surface area contributed by atoms with Gasteiger partial charge in [-0.3, -0.25) is 9.59 Å². The molecule has 1 unspecified atom stereocenters. The molecule has 0 aliphatic heterocycles. The zero-order valence-corrected chi connectivity index (χ0v) is 17.5. The zero-order chi connectivity index (χ0) is 20.2. The van der Waals surface area contributed by atoms with Crippen molar-refractivity contribution in [3.05, 3.63) is 24.3 Å². The van der Waals surface area contributed by atoms with E-state index >= 15 is 0 Å². The molecule has 0 saturated heterocycles. The summed E-state index contributed by atoms with van der Waals surface area (Å²) in [5.74, 6) is -0.938. The van der Waals surface area contributed by atoms with E-state index in [1.165, 1.54) is 25.7 Å². The van der Waals surface area contributed by atoms with Crippen LogP contribution in [0, 0.1) is 0 Å². The molecular weight excluding hydrogens is 340 g/mol. The highest BCUT2D eigenvalue weighted by Gasteiger charge is 2.12. The number of carbonyl (C=O) groups excluding carboxylic acids is 1. The summed E-state index contributed by atoms with van der Waals surface area (Å²) in [6.45, 7) is 4.16. The fourth-order valence-corrected chi connectivity index (χ4v) is 2.81. The van der Waals surface area contributed by atoms with Crippen LogP contribution in [0.1, 0.15) is 104 Å². The van der Waals surface area contributed by atoms with Gasteiger partial charge in [-0.25, -0.2) is 0 Å². The molecule has 0 bridgehead atoms. The Morgan fingerprint density at radius 1 is 0.852 bits per heavy atom. The summed E-state index contributed by atoms with van der Waals surface area (Å²) in [5.41, 5.74) is 0. The SMILES string of the molecule is CCC/C=C\C/C=C\CCCCCCCC(=O)OC(CC)CCCC(=O)O. The molecule has 0 saturated carbocycles. The maximum atomic E-state index is 11.9. The third-order valence-electron chi connectivity index (χ3n) is 4.48. The summed E-state index contributed by atoms with van der Waals surface area (Å²) in [7, 11) is 0. The van der Waals surface area contributed by atoms with Crippen LogP contribution in [0.4, 0.5) is 0 Å². The quantitative estimate of drug-likeness (QED) is 0.165. The van der Waals surface area contributed by atoms with E-state index in [-0.39, 0.29) is 18.5 Å². The predicted molar refractivity (Wildman–Crippen MR) is 112 cm³/mol. The Balaban J connectivity index is 3.53. The summed E-state index contributed by atoms with van der Waals surface area (Å²) in [6.07, 6.45) is 21.5. The highest BCUT2D eigenvalue weighted by molar-refractivity contribution is 5.69. The minimum absolute atomic E-state index is 0.138. The van der Waals surface area contributed by atoms with E-state index in [9.17, 15) is 9.59 Å². The first kappa shape index (κ1) is 25.4. The van der Waals surface area contributed by atoms with Crippen LogP contribution in [-0.4, -0.2) is 23.1 Å². The average molecular weight is 381 g/mol. The van der Waals surface area contributed by atoms with Gasteiger partial charge in [0, 0.05) is 12.8 Å². The fraction of sp³-hybridized carbons (Fsp3) is 0.739. The zero-order valence-electron chi connectivity index (χ0n) is 17.5. The largest absolute Gasteiger partial charge is 0.481 e. The monoisotopic (exact) mass is 380 g/mol. The van der Waals surface area contributed by atoms with Gasteiger partial charge in [-0.2, -0.15) is 0 Å². The van der Waals surface area contributed by atoms with Crippen LogP contribution in [0.3, 0.4) is 0 Å². The molecule has 4 nitrogen and oxygen atoms in total. The molecule has 0 fully saturated rings. The van der Waals surface area contributed by atoms with Crippen molar-refractivity contribution < 1.29 is 19.4 Å². The summed E-state index contributed by atoms with van der Waals surface area (Å²) in [6, 6.07) is 0. The molecule has 27 heavy (non-hydrogen) atoms. The predicted octanol–water partition coefficient (Wildman–Crippen LogP) is 6.60. The first-order valence-electron chi connectivity index (χ1n) is 10.8. The Labute approximate surface area is 166 Å². The van der Waals surface area contributed by atoms with Crippen LogP contribution in [-0.2, 0) is 14.3 Å². The van der Waals surface area contributed by atoms with Crippen molar-refractivity contribution in [3.63, 3.8) is 0 Å². The lowest BCUT2D eigenvalue weighted by Gasteiger charge is -2.15.